The number of ether oxygens (including phenoxy) is 1. The third-order valence-electron chi connectivity index (χ3n) is 2.99. The van der Waals surface area contributed by atoms with Crippen molar-refractivity contribution >= 4 is 15.9 Å². The van der Waals surface area contributed by atoms with E-state index in [2.05, 4.69) is 20.7 Å². The van der Waals surface area contributed by atoms with Gasteiger partial charge in [-0.25, -0.2) is 0 Å². The van der Waals surface area contributed by atoms with Crippen molar-refractivity contribution in [3.8, 4) is 0 Å². The fourth-order valence-electron chi connectivity index (χ4n) is 2.05. The minimum Gasteiger partial charge on any atom is -0.372 e. The summed E-state index contributed by atoms with van der Waals surface area (Å²) in [6, 6.07) is 0. The third-order valence-corrected chi connectivity index (χ3v) is 4.18. The molecule has 1 saturated carbocycles. The molecular formula is C10H16BrF3O. The van der Waals surface area contributed by atoms with Crippen molar-refractivity contribution in [2.75, 3.05) is 18.5 Å². The van der Waals surface area contributed by atoms with Crippen LogP contribution in [0.1, 0.15) is 32.1 Å². The van der Waals surface area contributed by atoms with Crippen LogP contribution in [0.5, 0.6) is 0 Å². The second-order valence-corrected chi connectivity index (χ2v) is 4.82. The van der Waals surface area contributed by atoms with E-state index in [1.807, 2.05) is 0 Å². The summed E-state index contributed by atoms with van der Waals surface area (Å²) in [7, 11) is 0. The highest BCUT2D eigenvalue weighted by Crippen LogP contribution is 2.42. The molecule has 0 amide bonds. The van der Waals surface area contributed by atoms with Crippen LogP contribution in [0, 0.1) is 5.41 Å². The Balaban J connectivity index is 2.18. The van der Waals surface area contributed by atoms with E-state index in [0.29, 0.717) is 0 Å². The normalized spacial score (nSPS) is 20.8. The van der Waals surface area contributed by atoms with Crippen molar-refractivity contribution in [3.05, 3.63) is 0 Å². The van der Waals surface area contributed by atoms with Gasteiger partial charge in [0.25, 0.3) is 0 Å². The lowest BCUT2D eigenvalue weighted by atomic mass is 9.85. The smallest absolute Gasteiger partial charge is 0.372 e. The van der Waals surface area contributed by atoms with E-state index in [1.54, 1.807) is 0 Å². The molecule has 1 rings (SSSR count). The molecule has 0 unspecified atom stereocenters. The summed E-state index contributed by atoms with van der Waals surface area (Å²) >= 11 is 3.45. The largest absolute Gasteiger partial charge is 0.411 e. The van der Waals surface area contributed by atoms with Crippen molar-refractivity contribution in [2.45, 2.75) is 38.3 Å². The third kappa shape index (κ3) is 4.72. The van der Waals surface area contributed by atoms with E-state index in [4.69, 9.17) is 0 Å². The second-order valence-electron chi connectivity index (χ2n) is 4.26. The van der Waals surface area contributed by atoms with Crippen LogP contribution in [0.3, 0.4) is 0 Å². The summed E-state index contributed by atoms with van der Waals surface area (Å²) in [6.45, 7) is -0.906. The Bertz CT molecular complexity index is 188. The Morgan fingerprint density at radius 2 is 1.80 bits per heavy atom. The van der Waals surface area contributed by atoms with Gasteiger partial charge in [0.05, 0.1) is 0 Å². The number of rotatable bonds is 5. The Morgan fingerprint density at radius 3 is 2.27 bits per heavy atom. The van der Waals surface area contributed by atoms with Gasteiger partial charge in [0.2, 0.25) is 0 Å². The summed E-state index contributed by atoms with van der Waals surface area (Å²) in [6.07, 6.45) is 1.11. The number of hydrogen-bond acceptors (Lipinski definition) is 1. The van der Waals surface area contributed by atoms with Gasteiger partial charge in [-0.1, -0.05) is 28.8 Å². The fourth-order valence-corrected chi connectivity index (χ4v) is 2.89. The molecule has 0 N–H and O–H groups in total. The van der Waals surface area contributed by atoms with Gasteiger partial charge in [0, 0.05) is 11.9 Å². The van der Waals surface area contributed by atoms with Gasteiger partial charge in [0.1, 0.15) is 6.61 Å². The van der Waals surface area contributed by atoms with E-state index < -0.39 is 12.8 Å². The van der Waals surface area contributed by atoms with Crippen LogP contribution >= 0.6 is 15.9 Å². The minimum absolute atomic E-state index is 0.186. The lowest BCUT2D eigenvalue weighted by Crippen LogP contribution is -2.23. The van der Waals surface area contributed by atoms with Gasteiger partial charge in [-0.15, -0.1) is 0 Å². The zero-order valence-corrected chi connectivity index (χ0v) is 10.2. The average molecular weight is 289 g/mol. The zero-order chi connectivity index (χ0) is 11.4. The molecule has 5 heteroatoms. The number of halogens is 4. The molecular weight excluding hydrogens is 273 g/mol. The highest BCUT2D eigenvalue weighted by Gasteiger charge is 2.33. The SMILES string of the molecule is FC(F)(F)COCCC1(CBr)CCCC1. The minimum atomic E-state index is -4.20. The molecule has 1 aliphatic carbocycles. The quantitative estimate of drug-likeness (QED) is 0.551. The van der Waals surface area contributed by atoms with Gasteiger partial charge >= 0.3 is 6.18 Å². The number of hydrogen-bond donors (Lipinski definition) is 0. The Hall–Kier alpha value is 0.230. The van der Waals surface area contributed by atoms with Crippen molar-refractivity contribution in [3.63, 3.8) is 0 Å². The first-order chi connectivity index (χ1) is 6.97. The summed E-state index contributed by atoms with van der Waals surface area (Å²) < 4.78 is 40.0. The molecule has 0 aliphatic heterocycles. The molecule has 1 fully saturated rings. The average Bonchev–Trinajstić information content (AvgIpc) is 2.60. The molecule has 0 aromatic carbocycles. The molecule has 90 valence electrons. The van der Waals surface area contributed by atoms with E-state index in [1.165, 1.54) is 12.8 Å². The maximum Gasteiger partial charge on any atom is 0.411 e. The van der Waals surface area contributed by atoms with Gasteiger partial charge in [-0.05, 0) is 24.7 Å². The van der Waals surface area contributed by atoms with Crippen LogP contribution in [0.2, 0.25) is 0 Å². The molecule has 1 nitrogen and oxygen atoms in total. The molecule has 0 saturated heterocycles. The summed E-state index contributed by atoms with van der Waals surface area (Å²) in [4.78, 5) is 0. The van der Waals surface area contributed by atoms with Crippen LogP contribution in [-0.2, 0) is 4.74 Å². The van der Waals surface area contributed by atoms with Gasteiger partial charge in [0.15, 0.2) is 0 Å². The molecule has 0 heterocycles. The van der Waals surface area contributed by atoms with E-state index in [-0.39, 0.29) is 12.0 Å². The highest BCUT2D eigenvalue weighted by molar-refractivity contribution is 9.09. The molecule has 0 bridgehead atoms. The van der Waals surface area contributed by atoms with Crippen LogP contribution in [0.15, 0.2) is 0 Å². The highest BCUT2D eigenvalue weighted by atomic mass is 79.9. The van der Waals surface area contributed by atoms with Crippen LogP contribution in [0.25, 0.3) is 0 Å². The van der Waals surface area contributed by atoms with E-state index in [9.17, 15) is 13.2 Å². The van der Waals surface area contributed by atoms with Crippen molar-refractivity contribution < 1.29 is 17.9 Å². The topological polar surface area (TPSA) is 9.23 Å². The summed E-state index contributed by atoms with van der Waals surface area (Å²) in [5, 5.41) is 0.870. The lowest BCUT2D eigenvalue weighted by Gasteiger charge is -2.26. The van der Waals surface area contributed by atoms with E-state index in [0.717, 1.165) is 24.6 Å². The monoisotopic (exact) mass is 288 g/mol. The predicted octanol–water partition coefficient (Wildman–Crippen LogP) is 3.91. The van der Waals surface area contributed by atoms with Gasteiger partial charge in [-0.3, -0.25) is 0 Å². The van der Waals surface area contributed by atoms with Crippen molar-refractivity contribution in [2.24, 2.45) is 5.41 Å². The van der Waals surface area contributed by atoms with Crippen LogP contribution in [-0.4, -0.2) is 24.7 Å². The predicted molar refractivity (Wildman–Crippen MR) is 56.2 cm³/mol. The molecule has 0 aromatic heterocycles. The zero-order valence-electron chi connectivity index (χ0n) is 8.58. The van der Waals surface area contributed by atoms with Crippen LogP contribution < -0.4 is 0 Å². The first-order valence-electron chi connectivity index (χ1n) is 5.18. The fraction of sp³-hybridized carbons (Fsp3) is 1.00. The maximum absolute atomic E-state index is 11.8. The molecule has 0 aromatic rings. The molecule has 0 atom stereocenters. The maximum atomic E-state index is 11.8. The molecule has 0 radical (unpaired) electrons. The number of alkyl halides is 4. The summed E-state index contributed by atoms with van der Waals surface area (Å²) in [5.74, 6) is 0. The van der Waals surface area contributed by atoms with Gasteiger partial charge < -0.3 is 4.74 Å². The standard InChI is InChI=1S/C10H16BrF3O/c11-7-9(3-1-2-4-9)5-6-15-8-10(12,13)14/h1-8H2. The van der Waals surface area contributed by atoms with Crippen molar-refractivity contribution in [1.82, 2.24) is 0 Å². The Labute approximate surface area is 96.5 Å². The van der Waals surface area contributed by atoms with Crippen LogP contribution in [0.4, 0.5) is 13.2 Å². The molecule has 1 aliphatic rings. The van der Waals surface area contributed by atoms with Gasteiger partial charge in [-0.2, -0.15) is 13.2 Å². The second kappa shape index (κ2) is 5.53. The Kier molecular flexibility index (Phi) is 4.90. The van der Waals surface area contributed by atoms with E-state index >= 15 is 0 Å². The summed E-state index contributed by atoms with van der Waals surface area (Å²) in [5.41, 5.74) is 0.186. The molecule has 0 spiro atoms. The Morgan fingerprint density at radius 1 is 1.20 bits per heavy atom. The first kappa shape index (κ1) is 13.3. The van der Waals surface area contributed by atoms with Crippen molar-refractivity contribution in [1.29, 1.82) is 0 Å². The lowest BCUT2D eigenvalue weighted by molar-refractivity contribution is -0.175. The first-order valence-corrected chi connectivity index (χ1v) is 6.30. The molecule has 15 heavy (non-hydrogen) atoms.